The van der Waals surface area contributed by atoms with Crippen LogP contribution in [0.2, 0.25) is 0 Å². The predicted molar refractivity (Wildman–Crippen MR) is 65.1 cm³/mol. The van der Waals surface area contributed by atoms with Gasteiger partial charge in [-0.1, -0.05) is 12.1 Å². The van der Waals surface area contributed by atoms with Gasteiger partial charge in [-0.25, -0.2) is 0 Å². The standard InChI is InChI=1S/C13H18N2O/c1-13(2)8-11(12(16)15(13)3)9-4-6-10(14)7-5-9/h4-7,11H,8,14H2,1-3H3. The van der Waals surface area contributed by atoms with Crippen LogP contribution in [0.15, 0.2) is 24.3 Å². The zero-order chi connectivity index (χ0) is 11.9. The molecule has 1 amide bonds. The zero-order valence-electron chi connectivity index (χ0n) is 10.0. The molecule has 1 aromatic carbocycles. The van der Waals surface area contributed by atoms with Crippen molar-refractivity contribution in [1.29, 1.82) is 0 Å². The molecule has 1 aliphatic rings. The molecule has 0 aromatic heterocycles. The number of nitrogens with two attached hydrogens (primary N) is 1. The van der Waals surface area contributed by atoms with Gasteiger partial charge in [-0.3, -0.25) is 4.79 Å². The average Bonchev–Trinajstić information content (AvgIpc) is 2.44. The van der Waals surface area contributed by atoms with Crippen LogP contribution in [0, 0.1) is 0 Å². The van der Waals surface area contributed by atoms with E-state index in [0.717, 1.165) is 17.7 Å². The van der Waals surface area contributed by atoms with E-state index in [-0.39, 0.29) is 17.4 Å². The quantitative estimate of drug-likeness (QED) is 0.733. The highest BCUT2D eigenvalue weighted by Crippen LogP contribution is 2.38. The van der Waals surface area contributed by atoms with Crippen molar-refractivity contribution in [3.05, 3.63) is 29.8 Å². The molecule has 1 fully saturated rings. The Hall–Kier alpha value is -1.51. The third-order valence-electron chi connectivity index (χ3n) is 3.58. The number of likely N-dealkylation sites (N-methyl/N-ethyl adjacent to an activating group) is 1. The molecule has 1 aliphatic heterocycles. The summed E-state index contributed by atoms with van der Waals surface area (Å²) in [6.45, 7) is 4.20. The molecule has 1 atom stereocenters. The Morgan fingerprint density at radius 2 is 1.88 bits per heavy atom. The van der Waals surface area contributed by atoms with Crippen molar-refractivity contribution in [2.24, 2.45) is 0 Å². The molecule has 0 bridgehead atoms. The molecule has 1 heterocycles. The van der Waals surface area contributed by atoms with Gasteiger partial charge < -0.3 is 10.6 Å². The van der Waals surface area contributed by atoms with Crippen LogP contribution in [-0.4, -0.2) is 23.4 Å². The number of likely N-dealkylation sites (tertiary alicyclic amines) is 1. The summed E-state index contributed by atoms with van der Waals surface area (Å²) < 4.78 is 0. The first kappa shape index (κ1) is 11.0. The van der Waals surface area contributed by atoms with E-state index in [1.165, 1.54) is 0 Å². The molecule has 2 N–H and O–H groups in total. The number of benzene rings is 1. The second kappa shape index (κ2) is 3.51. The van der Waals surface area contributed by atoms with Gasteiger partial charge in [0.05, 0.1) is 5.92 Å². The Labute approximate surface area is 96.2 Å². The minimum absolute atomic E-state index is 0.0133. The third-order valence-corrected chi connectivity index (χ3v) is 3.58. The van der Waals surface area contributed by atoms with Crippen LogP contribution in [-0.2, 0) is 4.79 Å². The number of nitrogens with zero attached hydrogens (tertiary/aromatic N) is 1. The molecule has 0 radical (unpaired) electrons. The molecular weight excluding hydrogens is 200 g/mol. The lowest BCUT2D eigenvalue weighted by molar-refractivity contribution is -0.130. The van der Waals surface area contributed by atoms with Gasteiger partial charge in [0.15, 0.2) is 0 Å². The summed E-state index contributed by atoms with van der Waals surface area (Å²) in [6.07, 6.45) is 0.867. The van der Waals surface area contributed by atoms with E-state index in [1.54, 1.807) is 0 Å². The van der Waals surface area contributed by atoms with Crippen molar-refractivity contribution in [1.82, 2.24) is 4.90 Å². The van der Waals surface area contributed by atoms with E-state index in [0.29, 0.717) is 0 Å². The summed E-state index contributed by atoms with van der Waals surface area (Å²) >= 11 is 0. The lowest BCUT2D eigenvalue weighted by Gasteiger charge is -2.26. The van der Waals surface area contributed by atoms with Crippen LogP contribution in [0.1, 0.15) is 31.7 Å². The van der Waals surface area contributed by atoms with Crippen LogP contribution in [0.3, 0.4) is 0 Å². The van der Waals surface area contributed by atoms with Gasteiger partial charge >= 0.3 is 0 Å². The lowest BCUT2D eigenvalue weighted by Crippen LogP contribution is -2.37. The van der Waals surface area contributed by atoms with Crippen molar-refractivity contribution < 1.29 is 4.79 Å². The molecule has 2 rings (SSSR count). The number of carbonyl (C=O) groups excluding carboxylic acids is 1. The van der Waals surface area contributed by atoms with Crippen molar-refractivity contribution in [3.8, 4) is 0 Å². The van der Waals surface area contributed by atoms with E-state index < -0.39 is 0 Å². The zero-order valence-corrected chi connectivity index (χ0v) is 10.0. The number of amides is 1. The molecule has 1 saturated heterocycles. The summed E-state index contributed by atoms with van der Waals surface area (Å²) in [5, 5.41) is 0. The lowest BCUT2D eigenvalue weighted by atomic mass is 9.91. The second-order valence-electron chi connectivity index (χ2n) is 5.13. The molecule has 1 aromatic rings. The smallest absolute Gasteiger partial charge is 0.230 e. The SMILES string of the molecule is CN1C(=O)C(c2ccc(N)cc2)CC1(C)C. The highest BCUT2D eigenvalue weighted by atomic mass is 16.2. The Morgan fingerprint density at radius 1 is 1.31 bits per heavy atom. The molecule has 3 nitrogen and oxygen atoms in total. The minimum Gasteiger partial charge on any atom is -0.399 e. The number of rotatable bonds is 1. The van der Waals surface area contributed by atoms with Gasteiger partial charge in [0.25, 0.3) is 0 Å². The maximum absolute atomic E-state index is 12.1. The summed E-state index contributed by atoms with van der Waals surface area (Å²) in [7, 11) is 1.87. The molecule has 86 valence electrons. The van der Waals surface area contributed by atoms with Gasteiger partial charge in [-0.05, 0) is 38.0 Å². The molecular formula is C13H18N2O. The van der Waals surface area contributed by atoms with Crippen molar-refractivity contribution >= 4 is 11.6 Å². The Balaban J connectivity index is 2.30. The first-order chi connectivity index (χ1) is 7.42. The maximum atomic E-state index is 12.1. The van der Waals surface area contributed by atoms with Crippen LogP contribution in [0.5, 0.6) is 0 Å². The molecule has 16 heavy (non-hydrogen) atoms. The Bertz CT molecular complexity index is 408. The molecule has 0 spiro atoms. The normalized spacial score (nSPS) is 23.8. The summed E-state index contributed by atoms with van der Waals surface area (Å²) in [4.78, 5) is 13.9. The summed E-state index contributed by atoms with van der Waals surface area (Å²) in [5.74, 6) is 0.190. The summed E-state index contributed by atoms with van der Waals surface area (Å²) in [6, 6.07) is 7.61. The Morgan fingerprint density at radius 3 is 2.31 bits per heavy atom. The monoisotopic (exact) mass is 218 g/mol. The van der Waals surface area contributed by atoms with E-state index >= 15 is 0 Å². The molecule has 1 unspecified atom stereocenters. The van der Waals surface area contributed by atoms with Crippen molar-refractivity contribution in [2.45, 2.75) is 31.7 Å². The number of carbonyl (C=O) groups is 1. The predicted octanol–water partition coefficient (Wildman–Crippen LogP) is 1.99. The highest BCUT2D eigenvalue weighted by Gasteiger charge is 2.42. The highest BCUT2D eigenvalue weighted by molar-refractivity contribution is 5.86. The first-order valence-electron chi connectivity index (χ1n) is 5.55. The molecule has 0 saturated carbocycles. The van der Waals surface area contributed by atoms with E-state index in [2.05, 4.69) is 13.8 Å². The topological polar surface area (TPSA) is 46.3 Å². The fourth-order valence-electron chi connectivity index (χ4n) is 2.24. The summed E-state index contributed by atoms with van der Waals surface area (Å²) in [5.41, 5.74) is 7.40. The van der Waals surface area contributed by atoms with E-state index in [1.807, 2.05) is 36.2 Å². The van der Waals surface area contributed by atoms with Crippen molar-refractivity contribution in [3.63, 3.8) is 0 Å². The fourth-order valence-corrected chi connectivity index (χ4v) is 2.24. The third kappa shape index (κ3) is 1.66. The van der Waals surface area contributed by atoms with Gasteiger partial charge in [0.1, 0.15) is 0 Å². The number of hydrogen-bond donors (Lipinski definition) is 1. The molecule has 0 aliphatic carbocycles. The molecule has 3 heteroatoms. The number of nitrogen functional groups attached to an aromatic ring is 1. The van der Waals surface area contributed by atoms with Gasteiger partial charge in [-0.2, -0.15) is 0 Å². The first-order valence-corrected chi connectivity index (χ1v) is 5.55. The van der Waals surface area contributed by atoms with E-state index in [4.69, 9.17) is 5.73 Å². The van der Waals surface area contributed by atoms with Crippen LogP contribution < -0.4 is 5.73 Å². The number of anilines is 1. The largest absolute Gasteiger partial charge is 0.399 e. The average molecular weight is 218 g/mol. The van der Waals surface area contributed by atoms with Crippen LogP contribution in [0.25, 0.3) is 0 Å². The van der Waals surface area contributed by atoms with Crippen LogP contribution >= 0.6 is 0 Å². The minimum atomic E-state index is -0.0524. The Kier molecular flexibility index (Phi) is 2.41. The number of hydrogen-bond acceptors (Lipinski definition) is 2. The van der Waals surface area contributed by atoms with Crippen molar-refractivity contribution in [2.75, 3.05) is 12.8 Å². The van der Waals surface area contributed by atoms with Crippen LogP contribution in [0.4, 0.5) is 5.69 Å². The van der Waals surface area contributed by atoms with Gasteiger partial charge in [-0.15, -0.1) is 0 Å². The van der Waals surface area contributed by atoms with Gasteiger partial charge in [0.2, 0.25) is 5.91 Å². The van der Waals surface area contributed by atoms with E-state index in [9.17, 15) is 4.79 Å². The fraction of sp³-hybridized carbons (Fsp3) is 0.462. The maximum Gasteiger partial charge on any atom is 0.230 e. The van der Waals surface area contributed by atoms with Gasteiger partial charge in [0, 0.05) is 18.3 Å². The second-order valence-corrected chi connectivity index (χ2v) is 5.13.